The van der Waals surface area contributed by atoms with Crippen LogP contribution in [-0.2, 0) is 24.0 Å². The van der Waals surface area contributed by atoms with Crippen molar-refractivity contribution in [2.45, 2.75) is 45.6 Å². The Balaban J connectivity index is 1.77. The maximum Gasteiger partial charge on any atom is 0.417 e. The molecule has 0 bridgehead atoms. The summed E-state index contributed by atoms with van der Waals surface area (Å²) in [6, 6.07) is 0. The number of aromatic amines is 1. The molecule has 0 saturated heterocycles. The van der Waals surface area contributed by atoms with Gasteiger partial charge in [0.1, 0.15) is 5.60 Å². The number of fused-ring (bicyclic) bond motifs is 5. The number of hydrogen-bond donors (Lipinski definition) is 1. The van der Waals surface area contributed by atoms with Crippen molar-refractivity contribution in [1.82, 2.24) is 14.9 Å². The van der Waals surface area contributed by atoms with Gasteiger partial charge in [-0.15, -0.1) is 0 Å². The van der Waals surface area contributed by atoms with Gasteiger partial charge in [0, 0.05) is 30.4 Å². The maximum absolute atomic E-state index is 14.6. The number of H-pyrrole nitrogens is 1. The highest BCUT2D eigenvalue weighted by atomic mass is 35.5. The Morgan fingerprint density at radius 3 is 2.74 bits per heavy atom. The Morgan fingerprint density at radius 2 is 2.04 bits per heavy atom. The zero-order chi connectivity index (χ0) is 19.5. The van der Waals surface area contributed by atoms with Crippen molar-refractivity contribution < 1.29 is 18.7 Å². The fourth-order valence-corrected chi connectivity index (χ4v) is 3.82. The SMILES string of the molecule is CC(C)(C)OC(=O)N1CCc2[nH]c3c(c2C1=O)CCc1cnc(Cl)c(F)c1-3. The molecule has 0 atom stereocenters. The van der Waals surface area contributed by atoms with Gasteiger partial charge in [-0.05, 0) is 44.7 Å². The fourth-order valence-electron chi connectivity index (χ4n) is 3.68. The maximum atomic E-state index is 14.6. The fraction of sp³-hybridized carbons (Fsp3) is 0.421. The molecule has 1 N–H and O–H groups in total. The van der Waals surface area contributed by atoms with Gasteiger partial charge in [-0.25, -0.2) is 19.1 Å². The van der Waals surface area contributed by atoms with Crippen LogP contribution in [0.2, 0.25) is 5.15 Å². The van der Waals surface area contributed by atoms with Crippen molar-refractivity contribution >= 4 is 23.6 Å². The molecule has 3 heterocycles. The van der Waals surface area contributed by atoms with Crippen molar-refractivity contribution in [2.75, 3.05) is 6.54 Å². The van der Waals surface area contributed by atoms with E-state index in [0.717, 1.165) is 16.0 Å². The van der Waals surface area contributed by atoms with E-state index in [2.05, 4.69) is 9.97 Å². The number of carbonyl (C=O) groups excluding carboxylic acids is 2. The number of halogens is 2. The van der Waals surface area contributed by atoms with Crippen LogP contribution >= 0.6 is 11.6 Å². The molecule has 0 radical (unpaired) electrons. The third-order valence-electron chi connectivity index (χ3n) is 4.79. The Labute approximate surface area is 160 Å². The minimum Gasteiger partial charge on any atom is -0.443 e. The first-order chi connectivity index (χ1) is 12.7. The van der Waals surface area contributed by atoms with Crippen LogP contribution in [0.25, 0.3) is 11.3 Å². The predicted molar refractivity (Wildman–Crippen MR) is 97.4 cm³/mol. The van der Waals surface area contributed by atoms with Crippen LogP contribution in [0.5, 0.6) is 0 Å². The summed E-state index contributed by atoms with van der Waals surface area (Å²) in [5.74, 6) is -1.00. The highest BCUT2D eigenvalue weighted by Gasteiger charge is 2.38. The summed E-state index contributed by atoms with van der Waals surface area (Å²) in [6.45, 7) is 5.47. The number of carbonyl (C=O) groups is 2. The molecule has 0 aromatic carbocycles. The van der Waals surface area contributed by atoms with E-state index in [1.165, 1.54) is 0 Å². The molecule has 0 fully saturated rings. The lowest BCUT2D eigenvalue weighted by Crippen LogP contribution is -2.44. The van der Waals surface area contributed by atoms with Gasteiger partial charge >= 0.3 is 6.09 Å². The molecule has 0 saturated carbocycles. The summed E-state index contributed by atoms with van der Waals surface area (Å²) in [6.07, 6.45) is 2.47. The molecule has 0 spiro atoms. The summed E-state index contributed by atoms with van der Waals surface area (Å²) in [5.41, 5.74) is 2.85. The highest BCUT2D eigenvalue weighted by molar-refractivity contribution is 6.29. The van der Waals surface area contributed by atoms with Gasteiger partial charge in [0.2, 0.25) is 0 Å². The van der Waals surface area contributed by atoms with Crippen molar-refractivity contribution in [3.05, 3.63) is 39.6 Å². The molecule has 2 amide bonds. The number of rotatable bonds is 0. The molecule has 1 aliphatic heterocycles. The first-order valence-electron chi connectivity index (χ1n) is 8.79. The normalized spacial score (nSPS) is 15.9. The zero-order valence-electron chi connectivity index (χ0n) is 15.3. The van der Waals surface area contributed by atoms with Crippen LogP contribution in [0.1, 0.15) is 48.0 Å². The molecule has 142 valence electrons. The summed E-state index contributed by atoms with van der Waals surface area (Å²) in [7, 11) is 0. The number of imide groups is 1. The highest BCUT2D eigenvalue weighted by Crippen LogP contribution is 2.40. The van der Waals surface area contributed by atoms with Crippen molar-refractivity contribution in [2.24, 2.45) is 0 Å². The number of nitrogens with one attached hydrogen (secondary N) is 1. The smallest absolute Gasteiger partial charge is 0.417 e. The molecule has 8 heteroatoms. The first kappa shape index (κ1) is 18.0. The second-order valence-corrected chi connectivity index (χ2v) is 8.14. The summed E-state index contributed by atoms with van der Waals surface area (Å²) in [4.78, 5) is 33.6. The Hall–Kier alpha value is -2.41. The molecule has 2 aromatic heterocycles. The summed E-state index contributed by atoms with van der Waals surface area (Å²) < 4.78 is 20.0. The van der Waals surface area contributed by atoms with E-state index in [-0.39, 0.29) is 11.7 Å². The second kappa shape index (κ2) is 6.05. The van der Waals surface area contributed by atoms with Gasteiger partial charge in [0.05, 0.1) is 11.3 Å². The van der Waals surface area contributed by atoms with E-state index in [0.29, 0.717) is 41.8 Å². The summed E-state index contributed by atoms with van der Waals surface area (Å²) in [5, 5.41) is -0.198. The molecular formula is C19H19ClFN3O3. The molecule has 2 aromatic rings. The number of pyridine rings is 1. The lowest BCUT2D eigenvalue weighted by Gasteiger charge is -2.29. The van der Waals surface area contributed by atoms with Crippen LogP contribution < -0.4 is 0 Å². The van der Waals surface area contributed by atoms with E-state index in [1.807, 2.05) is 0 Å². The van der Waals surface area contributed by atoms with E-state index in [1.54, 1.807) is 27.0 Å². The van der Waals surface area contributed by atoms with E-state index < -0.39 is 23.4 Å². The molecular weight excluding hydrogens is 373 g/mol. The van der Waals surface area contributed by atoms with Crippen molar-refractivity contribution in [1.29, 1.82) is 0 Å². The summed E-state index contributed by atoms with van der Waals surface area (Å²) >= 11 is 5.86. The van der Waals surface area contributed by atoms with Gasteiger partial charge in [0.15, 0.2) is 11.0 Å². The van der Waals surface area contributed by atoms with Crippen molar-refractivity contribution in [3.63, 3.8) is 0 Å². The average Bonchev–Trinajstić information content (AvgIpc) is 2.96. The molecule has 0 unspecified atom stereocenters. The first-order valence-corrected chi connectivity index (χ1v) is 9.17. The molecule has 1 aliphatic carbocycles. The van der Waals surface area contributed by atoms with Crippen molar-refractivity contribution in [3.8, 4) is 11.3 Å². The number of aromatic nitrogens is 2. The number of ether oxygens (including phenoxy) is 1. The van der Waals surface area contributed by atoms with E-state index >= 15 is 0 Å². The van der Waals surface area contributed by atoms with Gasteiger partial charge in [0.25, 0.3) is 5.91 Å². The minimum absolute atomic E-state index is 0.198. The largest absolute Gasteiger partial charge is 0.443 e. The van der Waals surface area contributed by atoms with Crippen LogP contribution in [0.4, 0.5) is 9.18 Å². The van der Waals surface area contributed by atoms with Crippen LogP contribution in [0.3, 0.4) is 0 Å². The van der Waals surface area contributed by atoms with Crippen LogP contribution in [0.15, 0.2) is 6.20 Å². The Morgan fingerprint density at radius 1 is 1.30 bits per heavy atom. The standard InChI is InChI=1S/C19H19ClFN3O3/c1-19(2,3)27-18(26)24-7-6-11-13(17(24)25)10-5-4-9-8-22-16(20)14(21)12(9)15(10)23-11/h8,23H,4-7H2,1-3H3. The molecule has 2 aliphatic rings. The topological polar surface area (TPSA) is 75.3 Å². The van der Waals surface area contributed by atoms with Gasteiger partial charge in [-0.3, -0.25) is 4.79 Å². The van der Waals surface area contributed by atoms with Gasteiger partial charge in [-0.2, -0.15) is 0 Å². The second-order valence-electron chi connectivity index (χ2n) is 7.78. The third kappa shape index (κ3) is 2.90. The zero-order valence-corrected chi connectivity index (χ0v) is 16.0. The lowest BCUT2D eigenvalue weighted by atomic mass is 9.88. The monoisotopic (exact) mass is 391 g/mol. The van der Waals surface area contributed by atoms with Gasteiger partial charge < -0.3 is 9.72 Å². The minimum atomic E-state index is -0.693. The van der Waals surface area contributed by atoms with Crippen LogP contribution in [0, 0.1) is 5.82 Å². The number of nitrogens with zero attached hydrogens (tertiary/aromatic N) is 2. The van der Waals surface area contributed by atoms with E-state index in [9.17, 15) is 14.0 Å². The Kier molecular flexibility index (Phi) is 4.03. The number of aryl methyl sites for hydroxylation is 1. The number of hydrogen-bond acceptors (Lipinski definition) is 4. The number of amides is 2. The molecule has 4 rings (SSSR count). The van der Waals surface area contributed by atoms with Crippen LogP contribution in [-0.4, -0.2) is 39.0 Å². The Bertz CT molecular complexity index is 978. The quantitative estimate of drug-likeness (QED) is 0.691. The van der Waals surface area contributed by atoms with Gasteiger partial charge in [-0.1, -0.05) is 11.6 Å². The predicted octanol–water partition coefficient (Wildman–Crippen LogP) is 3.90. The molecule has 6 nitrogen and oxygen atoms in total. The lowest BCUT2D eigenvalue weighted by molar-refractivity contribution is 0.0233. The molecule has 27 heavy (non-hydrogen) atoms. The third-order valence-corrected chi connectivity index (χ3v) is 5.05. The van der Waals surface area contributed by atoms with E-state index in [4.69, 9.17) is 16.3 Å². The average molecular weight is 392 g/mol.